The number of carboxylic acid groups (broad SMARTS) is 2. The molecule has 4 rings (SSSR count). The number of carbonyl (C=O) groups is 2. The number of aliphatic carboxylic acids is 2. The Morgan fingerprint density at radius 3 is 2.34 bits per heavy atom. The smallest absolute Gasteiger partial charge is 0.320 e. The lowest BCUT2D eigenvalue weighted by Gasteiger charge is -2.63. The van der Waals surface area contributed by atoms with Gasteiger partial charge in [-0.25, -0.2) is 0 Å². The molecule has 0 aromatic rings. The Hall–Kier alpha value is -1.18. The summed E-state index contributed by atoms with van der Waals surface area (Å²) in [7, 11) is 0. The minimum Gasteiger partial charge on any atom is -0.480 e. The molecule has 4 saturated carbocycles. The van der Waals surface area contributed by atoms with Crippen LogP contribution in [0.3, 0.4) is 0 Å². The van der Waals surface area contributed by atoms with Gasteiger partial charge in [0, 0.05) is 4.11 Å². The van der Waals surface area contributed by atoms with Crippen molar-refractivity contribution in [2.75, 3.05) is 0 Å². The molecule has 0 saturated heterocycles. The van der Waals surface area contributed by atoms with Gasteiger partial charge in [0.05, 0.1) is 18.3 Å². The van der Waals surface area contributed by atoms with Crippen LogP contribution in [0.1, 0.15) is 95.9 Å². The van der Waals surface area contributed by atoms with E-state index in [2.05, 4.69) is 13.8 Å². The molecule has 5 N–H and O–H groups in total. The minimum atomic E-state index is -3.17. The predicted molar refractivity (Wildman–Crippen MR) is 130 cm³/mol. The number of fused-ring (bicyclic) bond motifs is 5. The van der Waals surface area contributed by atoms with Gasteiger partial charge in [-0.3, -0.25) is 9.59 Å². The number of hydrogen-bond donors (Lipinski definition) is 5. The molecule has 0 radical (unpaired) electrons. The molecular weight excluding hydrogens is 448 g/mol. The Bertz CT molecular complexity index is 911. The molecule has 0 bridgehead atoms. The van der Waals surface area contributed by atoms with E-state index in [1.54, 1.807) is 0 Å². The summed E-state index contributed by atoms with van der Waals surface area (Å²) in [5.41, 5.74) is -3.28. The van der Waals surface area contributed by atoms with E-state index in [9.17, 15) is 35.1 Å². The van der Waals surface area contributed by atoms with Gasteiger partial charge in [0.15, 0.2) is 5.41 Å². The first kappa shape index (κ1) is 23.0. The maximum atomic E-state index is 11.8. The molecule has 35 heavy (non-hydrogen) atoms. The first-order valence-corrected chi connectivity index (χ1v) is 13.5. The number of aliphatic hydroxyl groups is 3. The van der Waals surface area contributed by atoms with Gasteiger partial charge >= 0.3 is 11.9 Å². The highest BCUT2D eigenvalue weighted by Gasteiger charge is 2.65. The van der Waals surface area contributed by atoms with Crippen molar-refractivity contribution in [3.8, 4) is 0 Å². The van der Waals surface area contributed by atoms with Gasteiger partial charge in [-0.05, 0) is 105 Å². The van der Waals surface area contributed by atoms with Crippen molar-refractivity contribution in [1.82, 2.24) is 0 Å². The van der Waals surface area contributed by atoms with E-state index in [0.29, 0.717) is 25.7 Å². The lowest BCUT2D eigenvalue weighted by Crippen LogP contribution is -2.62. The van der Waals surface area contributed by atoms with Gasteiger partial charge in [-0.15, -0.1) is 0 Å². The summed E-state index contributed by atoms with van der Waals surface area (Å²) in [6.45, 7) is 3.28. The lowest BCUT2D eigenvalue weighted by molar-refractivity contribution is -0.207. The van der Waals surface area contributed by atoms with Crippen molar-refractivity contribution < 1.29 is 39.2 Å². The number of aliphatic hydroxyl groups excluding tert-OH is 3. The van der Waals surface area contributed by atoms with Crippen LogP contribution in [0.2, 0.25) is 0 Å². The first-order chi connectivity index (χ1) is 17.5. The normalized spacial score (nSPS) is 47.9. The van der Waals surface area contributed by atoms with Gasteiger partial charge in [0.25, 0.3) is 0 Å². The van der Waals surface area contributed by atoms with Crippen LogP contribution in [0.4, 0.5) is 0 Å². The minimum absolute atomic E-state index is 0.0125. The molecule has 0 spiro atoms. The second-order valence-electron chi connectivity index (χ2n) is 12.9. The van der Waals surface area contributed by atoms with Crippen LogP contribution in [-0.4, -0.2) is 55.8 Å². The molecule has 4 aliphatic rings. The van der Waals surface area contributed by atoms with E-state index in [0.717, 1.165) is 25.7 Å². The van der Waals surface area contributed by atoms with Gasteiger partial charge in [0.2, 0.25) is 0 Å². The third-order valence-electron chi connectivity index (χ3n) is 11.5. The highest BCUT2D eigenvalue weighted by molar-refractivity contribution is 5.97. The van der Waals surface area contributed by atoms with Gasteiger partial charge in [0.1, 0.15) is 0 Å². The molecule has 4 aliphatic carbocycles. The maximum absolute atomic E-state index is 11.8. The summed E-state index contributed by atoms with van der Waals surface area (Å²) in [6, 6.07) is 0. The van der Waals surface area contributed by atoms with E-state index in [1.165, 1.54) is 0 Å². The molecule has 0 aliphatic heterocycles. The summed E-state index contributed by atoms with van der Waals surface area (Å²) in [6.07, 6.45) is 4.17. The fourth-order valence-electron chi connectivity index (χ4n) is 9.33. The third kappa shape index (κ3) is 4.14. The van der Waals surface area contributed by atoms with E-state index >= 15 is 0 Å². The van der Waals surface area contributed by atoms with Gasteiger partial charge in [-0.2, -0.15) is 0 Å². The van der Waals surface area contributed by atoms with Crippen molar-refractivity contribution in [3.63, 3.8) is 0 Å². The number of hydrogen-bond acceptors (Lipinski definition) is 5. The van der Waals surface area contributed by atoms with Crippen molar-refractivity contribution in [2.24, 2.45) is 51.8 Å². The Balaban J connectivity index is 1.51. The second-order valence-corrected chi connectivity index (χ2v) is 12.9. The Morgan fingerprint density at radius 1 is 1.03 bits per heavy atom. The van der Waals surface area contributed by atoms with Crippen molar-refractivity contribution >= 4 is 11.9 Å². The zero-order valence-electron chi connectivity index (χ0n) is 24.3. The molecule has 0 aromatic heterocycles. The average Bonchev–Trinajstić information content (AvgIpc) is 3.15. The molecule has 0 amide bonds. The molecule has 7 heteroatoms. The van der Waals surface area contributed by atoms with Crippen LogP contribution in [0.15, 0.2) is 0 Å². The molecule has 4 fully saturated rings. The van der Waals surface area contributed by atoms with Crippen molar-refractivity contribution in [3.05, 3.63) is 0 Å². The molecule has 11 atom stereocenters. The van der Waals surface area contributed by atoms with Crippen LogP contribution in [0.5, 0.6) is 0 Å². The Kier molecular flexibility index (Phi) is 6.10. The third-order valence-corrected chi connectivity index (χ3v) is 11.5. The highest BCUT2D eigenvalue weighted by atomic mass is 16.4. The molecule has 200 valence electrons. The quantitative estimate of drug-likeness (QED) is 0.336. The first-order valence-electron chi connectivity index (χ1n) is 15.0. The molecular formula is C28H46O7. The summed E-state index contributed by atoms with van der Waals surface area (Å²) in [5, 5.41) is 52.5. The van der Waals surface area contributed by atoms with Crippen LogP contribution in [0.25, 0.3) is 0 Å². The largest absolute Gasteiger partial charge is 0.480 e. The fourth-order valence-corrected chi connectivity index (χ4v) is 9.33. The highest BCUT2D eigenvalue weighted by Crippen LogP contribution is 2.68. The monoisotopic (exact) mass is 497 g/mol. The fraction of sp³-hybridized carbons (Fsp3) is 0.929. The SMILES string of the molecule is [2H]C([2H])([2H])C(CCC[C@@H](C)[C@H]1CC[C@H]2[C@@H]3[C@H](O)C[C@@H]4C[C@H](O)CC[C@]4(C)[C@H]3C[C@H](O)[C@]12C)(C(=O)O)C(=O)O. The number of rotatable bonds is 7. The predicted octanol–water partition coefficient (Wildman–Crippen LogP) is 3.93. The van der Waals surface area contributed by atoms with Crippen LogP contribution in [-0.2, 0) is 9.59 Å². The van der Waals surface area contributed by atoms with Crippen LogP contribution >= 0.6 is 0 Å². The lowest BCUT2D eigenvalue weighted by atomic mass is 9.43. The Morgan fingerprint density at radius 2 is 1.71 bits per heavy atom. The van der Waals surface area contributed by atoms with Crippen molar-refractivity contribution in [2.45, 2.75) is 110 Å². The topological polar surface area (TPSA) is 135 Å². The second kappa shape index (κ2) is 9.29. The molecule has 0 unspecified atom stereocenters. The zero-order valence-corrected chi connectivity index (χ0v) is 21.3. The van der Waals surface area contributed by atoms with Crippen LogP contribution in [0, 0.1) is 51.8 Å². The summed E-state index contributed by atoms with van der Waals surface area (Å²) >= 11 is 0. The summed E-state index contributed by atoms with van der Waals surface area (Å²) < 4.78 is 22.9. The number of carboxylic acids is 2. The van der Waals surface area contributed by atoms with Crippen LogP contribution < -0.4 is 0 Å². The standard InChI is InChI=1S/C28H46O7/c1-15(6-5-10-27(3,24(32)33)25(34)35)18-7-8-19-23-20(14-22(31)28(18,19)4)26(2)11-9-17(29)12-16(26)13-21(23)30/h15-23,29-31H,5-14H2,1-4H3,(H,32,33)(H,34,35)/t15-,16+,17-,18-,19+,20+,21-,22+,23+,26+,28-/m1/s1/i3D3. The maximum Gasteiger partial charge on any atom is 0.320 e. The van der Waals surface area contributed by atoms with Gasteiger partial charge in [-0.1, -0.05) is 33.6 Å². The molecule has 0 aromatic carbocycles. The van der Waals surface area contributed by atoms with E-state index < -0.39 is 48.2 Å². The van der Waals surface area contributed by atoms with Crippen molar-refractivity contribution in [1.29, 1.82) is 0 Å². The van der Waals surface area contributed by atoms with E-state index in [1.807, 2.05) is 6.92 Å². The van der Waals surface area contributed by atoms with E-state index in [-0.39, 0.29) is 53.4 Å². The van der Waals surface area contributed by atoms with Gasteiger partial charge < -0.3 is 25.5 Å². The summed E-state index contributed by atoms with van der Waals surface area (Å²) in [4.78, 5) is 23.6. The molecule has 7 nitrogen and oxygen atoms in total. The van der Waals surface area contributed by atoms with E-state index in [4.69, 9.17) is 4.11 Å². The summed E-state index contributed by atoms with van der Waals surface area (Å²) in [5.74, 6) is -2.88. The molecule has 0 heterocycles. The Labute approximate surface area is 213 Å². The zero-order chi connectivity index (χ0) is 28.4. The average molecular weight is 498 g/mol.